The van der Waals surface area contributed by atoms with Crippen molar-refractivity contribution < 1.29 is 18.7 Å². The summed E-state index contributed by atoms with van der Waals surface area (Å²) in [6, 6.07) is 12.5. The molecule has 0 aliphatic carbocycles. The minimum absolute atomic E-state index is 0.0216. The fraction of sp³-hybridized carbons (Fsp3) is 0.176. The van der Waals surface area contributed by atoms with Gasteiger partial charge in [0, 0.05) is 18.7 Å². The summed E-state index contributed by atoms with van der Waals surface area (Å²) in [5, 5.41) is 5.22. The molecule has 0 bridgehead atoms. The quantitative estimate of drug-likeness (QED) is 0.801. The SMILES string of the molecule is COc1cccc(C(=O)NCCNC(=O)c2ccccc2F)c1. The van der Waals surface area contributed by atoms with Crippen LogP contribution in [-0.2, 0) is 0 Å². The number of carbonyl (C=O) groups is 2. The monoisotopic (exact) mass is 316 g/mol. The van der Waals surface area contributed by atoms with Crippen molar-refractivity contribution in [3.05, 3.63) is 65.5 Å². The molecular formula is C17H17FN2O3. The first-order valence-electron chi connectivity index (χ1n) is 7.07. The average Bonchev–Trinajstić information content (AvgIpc) is 2.58. The molecule has 0 spiro atoms. The Kier molecular flexibility index (Phi) is 5.68. The van der Waals surface area contributed by atoms with Crippen LogP contribution in [-0.4, -0.2) is 32.0 Å². The number of hydrogen-bond donors (Lipinski definition) is 2. The molecule has 23 heavy (non-hydrogen) atoms. The number of halogens is 1. The first-order chi connectivity index (χ1) is 11.1. The molecule has 120 valence electrons. The lowest BCUT2D eigenvalue weighted by Gasteiger charge is -2.08. The molecule has 0 unspecified atom stereocenters. The lowest BCUT2D eigenvalue weighted by Crippen LogP contribution is -2.35. The molecule has 0 saturated heterocycles. The third-order valence-corrected chi connectivity index (χ3v) is 3.15. The lowest BCUT2D eigenvalue weighted by atomic mass is 10.2. The molecule has 0 radical (unpaired) electrons. The van der Waals surface area contributed by atoms with E-state index in [0.29, 0.717) is 11.3 Å². The lowest BCUT2D eigenvalue weighted by molar-refractivity contribution is 0.0925. The second-order valence-electron chi connectivity index (χ2n) is 4.72. The minimum atomic E-state index is -0.578. The second-order valence-corrected chi connectivity index (χ2v) is 4.72. The highest BCUT2D eigenvalue weighted by molar-refractivity contribution is 5.95. The van der Waals surface area contributed by atoms with Gasteiger partial charge in [0.25, 0.3) is 11.8 Å². The van der Waals surface area contributed by atoms with E-state index in [9.17, 15) is 14.0 Å². The zero-order valence-corrected chi connectivity index (χ0v) is 12.6. The van der Waals surface area contributed by atoms with E-state index in [0.717, 1.165) is 0 Å². The predicted octanol–water partition coefficient (Wildman–Crippen LogP) is 1.99. The molecule has 2 aromatic rings. The number of ether oxygens (including phenoxy) is 1. The summed E-state index contributed by atoms with van der Waals surface area (Å²) in [6.45, 7) is 0.430. The van der Waals surface area contributed by atoms with Gasteiger partial charge in [-0.05, 0) is 30.3 Å². The van der Waals surface area contributed by atoms with Gasteiger partial charge in [-0.2, -0.15) is 0 Å². The van der Waals surface area contributed by atoms with E-state index < -0.39 is 11.7 Å². The Hall–Kier alpha value is -2.89. The van der Waals surface area contributed by atoms with Crippen LogP contribution in [0.3, 0.4) is 0 Å². The highest BCUT2D eigenvalue weighted by Crippen LogP contribution is 2.12. The largest absolute Gasteiger partial charge is 0.497 e. The van der Waals surface area contributed by atoms with Gasteiger partial charge in [-0.25, -0.2) is 4.39 Å². The van der Waals surface area contributed by atoms with E-state index in [1.807, 2.05) is 0 Å². The van der Waals surface area contributed by atoms with Crippen LogP contribution in [0.1, 0.15) is 20.7 Å². The molecule has 0 atom stereocenters. The predicted molar refractivity (Wildman–Crippen MR) is 84.1 cm³/mol. The Bertz CT molecular complexity index is 704. The van der Waals surface area contributed by atoms with Crippen molar-refractivity contribution in [1.29, 1.82) is 0 Å². The van der Waals surface area contributed by atoms with E-state index in [1.165, 1.54) is 25.3 Å². The van der Waals surface area contributed by atoms with E-state index in [2.05, 4.69) is 10.6 Å². The van der Waals surface area contributed by atoms with Crippen molar-refractivity contribution in [2.45, 2.75) is 0 Å². The maximum atomic E-state index is 13.4. The van der Waals surface area contributed by atoms with Gasteiger partial charge >= 0.3 is 0 Å². The average molecular weight is 316 g/mol. The van der Waals surface area contributed by atoms with Gasteiger partial charge in [0.1, 0.15) is 11.6 Å². The molecule has 0 heterocycles. The van der Waals surface area contributed by atoms with Crippen molar-refractivity contribution in [1.82, 2.24) is 10.6 Å². The smallest absolute Gasteiger partial charge is 0.254 e. The summed E-state index contributed by atoms with van der Waals surface area (Å²) in [4.78, 5) is 23.7. The third-order valence-electron chi connectivity index (χ3n) is 3.15. The Morgan fingerprint density at radius 2 is 1.70 bits per heavy atom. The highest BCUT2D eigenvalue weighted by atomic mass is 19.1. The standard InChI is InChI=1S/C17H17FN2O3/c1-23-13-6-4-5-12(11-13)16(21)19-9-10-20-17(22)14-7-2-3-8-15(14)18/h2-8,11H,9-10H2,1H3,(H,19,21)(H,20,22). The summed E-state index contributed by atoms with van der Waals surface area (Å²) in [5.41, 5.74) is 0.441. The first kappa shape index (κ1) is 16.5. The van der Waals surface area contributed by atoms with E-state index in [4.69, 9.17) is 4.74 Å². The van der Waals surface area contributed by atoms with Gasteiger partial charge in [-0.3, -0.25) is 9.59 Å². The third kappa shape index (κ3) is 4.54. The molecular weight excluding hydrogens is 299 g/mol. The molecule has 0 aliphatic heterocycles. The van der Waals surface area contributed by atoms with Crippen LogP contribution in [0.4, 0.5) is 4.39 Å². The number of benzene rings is 2. The van der Waals surface area contributed by atoms with Crippen molar-refractivity contribution >= 4 is 11.8 Å². The molecule has 0 aromatic heterocycles. The molecule has 0 saturated carbocycles. The Morgan fingerprint density at radius 3 is 2.39 bits per heavy atom. The molecule has 0 fully saturated rings. The fourth-order valence-corrected chi connectivity index (χ4v) is 1.96. The Morgan fingerprint density at radius 1 is 1.00 bits per heavy atom. The molecule has 5 nitrogen and oxygen atoms in total. The van der Waals surface area contributed by atoms with Gasteiger partial charge in [0.15, 0.2) is 0 Å². The zero-order valence-electron chi connectivity index (χ0n) is 12.6. The Balaban J connectivity index is 1.80. The maximum Gasteiger partial charge on any atom is 0.254 e. The molecule has 0 aliphatic rings. The number of nitrogens with one attached hydrogen (secondary N) is 2. The summed E-state index contributed by atoms with van der Waals surface area (Å²) >= 11 is 0. The molecule has 2 amide bonds. The Labute approximate surface area is 133 Å². The van der Waals surface area contributed by atoms with Crippen molar-refractivity contribution in [2.75, 3.05) is 20.2 Å². The van der Waals surface area contributed by atoms with E-state index in [1.54, 1.807) is 30.3 Å². The highest BCUT2D eigenvalue weighted by Gasteiger charge is 2.10. The van der Waals surface area contributed by atoms with Crippen LogP contribution >= 0.6 is 0 Å². The van der Waals surface area contributed by atoms with Crippen LogP contribution in [0, 0.1) is 5.82 Å². The molecule has 2 N–H and O–H groups in total. The van der Waals surface area contributed by atoms with Crippen LogP contribution in [0.25, 0.3) is 0 Å². The van der Waals surface area contributed by atoms with Crippen molar-refractivity contribution in [2.24, 2.45) is 0 Å². The fourth-order valence-electron chi connectivity index (χ4n) is 1.96. The van der Waals surface area contributed by atoms with Gasteiger partial charge < -0.3 is 15.4 Å². The number of hydrogen-bond acceptors (Lipinski definition) is 3. The maximum absolute atomic E-state index is 13.4. The number of amides is 2. The molecule has 6 heteroatoms. The van der Waals surface area contributed by atoms with Crippen LogP contribution in [0.15, 0.2) is 48.5 Å². The van der Waals surface area contributed by atoms with Gasteiger partial charge in [-0.1, -0.05) is 18.2 Å². The van der Waals surface area contributed by atoms with Gasteiger partial charge in [0.05, 0.1) is 12.7 Å². The van der Waals surface area contributed by atoms with Crippen molar-refractivity contribution in [3.8, 4) is 5.75 Å². The number of rotatable bonds is 6. The normalized spacial score (nSPS) is 10.0. The molecule has 2 aromatic carbocycles. The number of methoxy groups -OCH3 is 1. The molecule has 2 rings (SSSR count). The summed E-state index contributed by atoms with van der Waals surface area (Å²) in [6.07, 6.45) is 0. The van der Waals surface area contributed by atoms with Crippen LogP contribution < -0.4 is 15.4 Å². The zero-order chi connectivity index (χ0) is 16.7. The summed E-state index contributed by atoms with van der Waals surface area (Å²) in [5.74, 6) is -0.779. The van der Waals surface area contributed by atoms with E-state index >= 15 is 0 Å². The summed E-state index contributed by atoms with van der Waals surface area (Å²) < 4.78 is 18.5. The number of carbonyl (C=O) groups excluding carboxylic acids is 2. The van der Waals surface area contributed by atoms with E-state index in [-0.39, 0.29) is 24.6 Å². The second kappa shape index (κ2) is 7.93. The van der Waals surface area contributed by atoms with Crippen molar-refractivity contribution in [3.63, 3.8) is 0 Å². The minimum Gasteiger partial charge on any atom is -0.497 e. The summed E-state index contributed by atoms with van der Waals surface area (Å²) in [7, 11) is 1.52. The van der Waals surface area contributed by atoms with Crippen LogP contribution in [0.2, 0.25) is 0 Å². The van der Waals surface area contributed by atoms with Gasteiger partial charge in [0.2, 0.25) is 0 Å². The van der Waals surface area contributed by atoms with Gasteiger partial charge in [-0.15, -0.1) is 0 Å². The topological polar surface area (TPSA) is 67.4 Å². The first-order valence-corrected chi connectivity index (χ1v) is 7.07. The van der Waals surface area contributed by atoms with Crippen LogP contribution in [0.5, 0.6) is 5.75 Å².